The Balaban J connectivity index is 2.31. The number of nitrogens with zero attached hydrogens (tertiary/aromatic N) is 2. The molecule has 0 atom stereocenters. The fraction of sp³-hybridized carbons (Fsp3) is 0.286. The highest BCUT2D eigenvalue weighted by Gasteiger charge is 2.26. The standard InChI is InChI=1S/C14H14N2O7/c1-3-21-13-7-11(16(18)19)10(6-12(13)20-2)14(17)22-8-9-4-5-23-15-9/h4-7H,3,8H2,1-2H3. The molecule has 0 radical (unpaired) electrons. The third-order valence-electron chi connectivity index (χ3n) is 2.84. The fourth-order valence-electron chi connectivity index (χ4n) is 1.82. The summed E-state index contributed by atoms with van der Waals surface area (Å²) in [6, 6.07) is 3.86. The van der Waals surface area contributed by atoms with Crippen LogP contribution >= 0.6 is 0 Å². The second-order valence-electron chi connectivity index (χ2n) is 4.28. The van der Waals surface area contributed by atoms with Gasteiger partial charge in [0.1, 0.15) is 24.1 Å². The lowest BCUT2D eigenvalue weighted by Crippen LogP contribution is -2.09. The van der Waals surface area contributed by atoms with Gasteiger partial charge in [-0.05, 0) is 6.92 Å². The first-order valence-electron chi connectivity index (χ1n) is 6.62. The Morgan fingerprint density at radius 1 is 1.39 bits per heavy atom. The Bertz CT molecular complexity index is 697. The smallest absolute Gasteiger partial charge is 0.345 e. The van der Waals surface area contributed by atoms with Gasteiger partial charge in [-0.2, -0.15) is 0 Å². The number of carbonyl (C=O) groups is 1. The third kappa shape index (κ3) is 3.76. The summed E-state index contributed by atoms with van der Waals surface area (Å²) in [5.74, 6) is -0.498. The number of nitro groups is 1. The van der Waals surface area contributed by atoms with Crippen LogP contribution < -0.4 is 9.47 Å². The van der Waals surface area contributed by atoms with E-state index in [0.29, 0.717) is 12.3 Å². The van der Waals surface area contributed by atoms with Crippen molar-refractivity contribution in [1.29, 1.82) is 0 Å². The number of hydrogen-bond donors (Lipinski definition) is 0. The van der Waals surface area contributed by atoms with E-state index in [2.05, 4.69) is 9.68 Å². The summed E-state index contributed by atoms with van der Waals surface area (Å²) in [6.45, 7) is 1.86. The molecule has 1 aromatic heterocycles. The number of carbonyl (C=O) groups excluding carboxylic acids is 1. The summed E-state index contributed by atoms with van der Waals surface area (Å²) >= 11 is 0. The molecule has 0 aliphatic heterocycles. The maximum absolute atomic E-state index is 12.1. The third-order valence-corrected chi connectivity index (χ3v) is 2.84. The van der Waals surface area contributed by atoms with Crippen molar-refractivity contribution in [3.63, 3.8) is 0 Å². The lowest BCUT2D eigenvalue weighted by molar-refractivity contribution is -0.385. The van der Waals surface area contributed by atoms with E-state index in [-0.39, 0.29) is 23.7 Å². The number of rotatable bonds is 7. The summed E-state index contributed by atoms with van der Waals surface area (Å²) in [6.07, 6.45) is 1.32. The van der Waals surface area contributed by atoms with Crippen LogP contribution in [0.1, 0.15) is 23.0 Å². The minimum atomic E-state index is -0.874. The van der Waals surface area contributed by atoms with Crippen LogP contribution in [0.4, 0.5) is 5.69 Å². The van der Waals surface area contributed by atoms with Gasteiger partial charge in [-0.15, -0.1) is 0 Å². The van der Waals surface area contributed by atoms with Crippen LogP contribution in [0.5, 0.6) is 11.5 Å². The summed E-state index contributed by atoms with van der Waals surface area (Å²) < 4.78 is 20.0. The summed E-state index contributed by atoms with van der Waals surface area (Å²) in [4.78, 5) is 22.6. The van der Waals surface area contributed by atoms with Gasteiger partial charge in [-0.25, -0.2) is 4.79 Å². The minimum absolute atomic E-state index is 0.165. The molecule has 0 aliphatic rings. The zero-order valence-corrected chi connectivity index (χ0v) is 12.5. The number of nitro benzene ring substituents is 1. The lowest BCUT2D eigenvalue weighted by atomic mass is 10.1. The molecule has 0 bridgehead atoms. The van der Waals surface area contributed by atoms with Gasteiger partial charge in [0.2, 0.25) is 0 Å². The average Bonchev–Trinajstić information content (AvgIpc) is 3.05. The first kappa shape index (κ1) is 16.3. The van der Waals surface area contributed by atoms with Crippen LogP contribution in [0.25, 0.3) is 0 Å². The molecule has 0 amide bonds. The highest BCUT2D eigenvalue weighted by atomic mass is 16.6. The maximum atomic E-state index is 12.1. The fourth-order valence-corrected chi connectivity index (χ4v) is 1.82. The van der Waals surface area contributed by atoms with Crippen molar-refractivity contribution in [2.75, 3.05) is 13.7 Å². The molecule has 122 valence electrons. The van der Waals surface area contributed by atoms with Gasteiger partial charge in [-0.1, -0.05) is 5.16 Å². The largest absolute Gasteiger partial charge is 0.493 e. The Morgan fingerprint density at radius 2 is 2.17 bits per heavy atom. The van der Waals surface area contributed by atoms with Gasteiger partial charge < -0.3 is 18.7 Å². The van der Waals surface area contributed by atoms with E-state index in [1.165, 1.54) is 25.5 Å². The number of hydrogen-bond acceptors (Lipinski definition) is 8. The predicted octanol–water partition coefficient (Wildman–Crippen LogP) is 2.35. The normalized spacial score (nSPS) is 10.2. The number of aromatic nitrogens is 1. The summed E-state index contributed by atoms with van der Waals surface area (Å²) in [5.41, 5.74) is -0.280. The van der Waals surface area contributed by atoms with Crippen LogP contribution in [-0.2, 0) is 11.3 Å². The van der Waals surface area contributed by atoms with Gasteiger partial charge >= 0.3 is 5.97 Å². The quantitative estimate of drug-likeness (QED) is 0.433. The number of benzene rings is 1. The maximum Gasteiger partial charge on any atom is 0.345 e. The highest BCUT2D eigenvalue weighted by molar-refractivity contribution is 5.95. The SMILES string of the molecule is CCOc1cc([N+](=O)[O-])c(C(=O)OCc2ccon2)cc1OC. The zero-order valence-electron chi connectivity index (χ0n) is 12.5. The molecule has 0 fully saturated rings. The number of esters is 1. The van der Waals surface area contributed by atoms with Gasteiger partial charge in [-0.3, -0.25) is 10.1 Å². The van der Waals surface area contributed by atoms with Crippen molar-refractivity contribution >= 4 is 11.7 Å². The predicted molar refractivity (Wildman–Crippen MR) is 76.4 cm³/mol. The van der Waals surface area contributed by atoms with Crippen molar-refractivity contribution in [1.82, 2.24) is 5.16 Å². The van der Waals surface area contributed by atoms with Crippen LogP contribution in [0, 0.1) is 10.1 Å². The Morgan fingerprint density at radius 3 is 2.74 bits per heavy atom. The Kier molecular flexibility index (Phi) is 5.13. The van der Waals surface area contributed by atoms with Crippen molar-refractivity contribution < 1.29 is 28.5 Å². The summed E-state index contributed by atoms with van der Waals surface area (Å²) in [5, 5.41) is 14.8. The minimum Gasteiger partial charge on any atom is -0.493 e. The molecule has 0 saturated carbocycles. The van der Waals surface area contributed by atoms with E-state index in [1.54, 1.807) is 6.92 Å². The molecule has 1 heterocycles. The highest BCUT2D eigenvalue weighted by Crippen LogP contribution is 2.35. The van der Waals surface area contributed by atoms with Crippen molar-refractivity contribution in [3.05, 3.63) is 45.8 Å². The van der Waals surface area contributed by atoms with Crippen molar-refractivity contribution in [3.8, 4) is 11.5 Å². The van der Waals surface area contributed by atoms with E-state index >= 15 is 0 Å². The van der Waals surface area contributed by atoms with Gasteiger partial charge in [0, 0.05) is 12.1 Å². The van der Waals surface area contributed by atoms with Gasteiger partial charge in [0.15, 0.2) is 11.5 Å². The van der Waals surface area contributed by atoms with Crippen LogP contribution in [0.3, 0.4) is 0 Å². The molecular formula is C14H14N2O7. The summed E-state index contributed by atoms with van der Waals surface area (Å²) in [7, 11) is 1.37. The first-order chi connectivity index (χ1) is 11.1. The molecule has 0 N–H and O–H groups in total. The molecular weight excluding hydrogens is 308 g/mol. The van der Waals surface area contributed by atoms with E-state index in [1.807, 2.05) is 0 Å². The topological polar surface area (TPSA) is 114 Å². The van der Waals surface area contributed by atoms with E-state index < -0.39 is 16.6 Å². The van der Waals surface area contributed by atoms with Crippen molar-refractivity contribution in [2.45, 2.75) is 13.5 Å². The second kappa shape index (κ2) is 7.25. The van der Waals surface area contributed by atoms with E-state index in [4.69, 9.17) is 14.2 Å². The molecule has 1 aromatic carbocycles. The van der Waals surface area contributed by atoms with Crippen LogP contribution in [-0.4, -0.2) is 29.8 Å². The Labute approximate surface area is 130 Å². The van der Waals surface area contributed by atoms with Crippen LogP contribution in [0.2, 0.25) is 0 Å². The lowest BCUT2D eigenvalue weighted by Gasteiger charge is -2.11. The molecule has 0 saturated heterocycles. The molecule has 0 aliphatic carbocycles. The molecule has 2 rings (SSSR count). The monoisotopic (exact) mass is 322 g/mol. The zero-order chi connectivity index (χ0) is 16.8. The average molecular weight is 322 g/mol. The van der Waals surface area contributed by atoms with Crippen LogP contribution in [0.15, 0.2) is 29.0 Å². The Hall–Kier alpha value is -3.10. The number of ether oxygens (including phenoxy) is 3. The molecule has 9 nitrogen and oxygen atoms in total. The molecule has 23 heavy (non-hydrogen) atoms. The molecule has 0 spiro atoms. The van der Waals surface area contributed by atoms with Gasteiger partial charge in [0.25, 0.3) is 5.69 Å². The van der Waals surface area contributed by atoms with E-state index in [9.17, 15) is 14.9 Å². The number of methoxy groups -OCH3 is 1. The second-order valence-corrected chi connectivity index (χ2v) is 4.28. The molecule has 2 aromatic rings. The first-order valence-corrected chi connectivity index (χ1v) is 6.62. The molecule has 9 heteroatoms. The van der Waals surface area contributed by atoms with E-state index in [0.717, 1.165) is 6.07 Å². The van der Waals surface area contributed by atoms with Crippen molar-refractivity contribution in [2.24, 2.45) is 0 Å². The van der Waals surface area contributed by atoms with Gasteiger partial charge in [0.05, 0.1) is 24.7 Å². The molecule has 0 unspecified atom stereocenters.